The lowest BCUT2D eigenvalue weighted by Gasteiger charge is -2.16. The smallest absolute Gasteiger partial charge is 0.221 e. The Bertz CT molecular complexity index is 701. The SMILES string of the molecule is CCOc1ccc(O)c(CN[C@@H](C)c2cccc(NC(C)=O)c2)c1. The lowest BCUT2D eigenvalue weighted by atomic mass is 10.1. The van der Waals surface area contributed by atoms with Gasteiger partial charge in [-0.2, -0.15) is 0 Å². The molecule has 128 valence electrons. The summed E-state index contributed by atoms with van der Waals surface area (Å²) in [5, 5.41) is 16.1. The molecule has 0 aliphatic rings. The Morgan fingerprint density at radius 2 is 2.04 bits per heavy atom. The summed E-state index contributed by atoms with van der Waals surface area (Å²) in [6, 6.07) is 13.0. The van der Waals surface area contributed by atoms with Gasteiger partial charge in [0, 0.05) is 30.8 Å². The monoisotopic (exact) mass is 328 g/mol. The van der Waals surface area contributed by atoms with Crippen molar-refractivity contribution in [2.24, 2.45) is 0 Å². The molecule has 2 rings (SSSR count). The van der Waals surface area contributed by atoms with Gasteiger partial charge in [-0.3, -0.25) is 4.79 Å². The van der Waals surface area contributed by atoms with Crippen LogP contribution in [-0.2, 0) is 11.3 Å². The number of phenols is 1. The number of ether oxygens (including phenoxy) is 1. The molecule has 5 nitrogen and oxygen atoms in total. The van der Waals surface area contributed by atoms with E-state index in [0.717, 1.165) is 22.6 Å². The van der Waals surface area contributed by atoms with Crippen molar-refractivity contribution in [3.63, 3.8) is 0 Å². The highest BCUT2D eigenvalue weighted by Crippen LogP contribution is 2.24. The van der Waals surface area contributed by atoms with Crippen molar-refractivity contribution in [1.29, 1.82) is 0 Å². The second-order valence-electron chi connectivity index (χ2n) is 5.63. The molecule has 2 aromatic rings. The average Bonchev–Trinajstić information content (AvgIpc) is 2.55. The topological polar surface area (TPSA) is 70.6 Å². The number of nitrogens with one attached hydrogen (secondary N) is 2. The van der Waals surface area contributed by atoms with E-state index in [1.807, 2.05) is 44.2 Å². The molecule has 0 saturated carbocycles. The number of benzene rings is 2. The molecular formula is C19H24N2O3. The molecule has 1 atom stereocenters. The van der Waals surface area contributed by atoms with E-state index in [9.17, 15) is 9.90 Å². The predicted octanol–water partition coefficient (Wildman–Crippen LogP) is 3.60. The molecule has 1 amide bonds. The van der Waals surface area contributed by atoms with Crippen LogP contribution in [0.4, 0.5) is 5.69 Å². The lowest BCUT2D eigenvalue weighted by Crippen LogP contribution is -2.18. The Balaban J connectivity index is 2.04. The molecule has 0 bridgehead atoms. The average molecular weight is 328 g/mol. The van der Waals surface area contributed by atoms with Gasteiger partial charge in [0.05, 0.1) is 6.61 Å². The largest absolute Gasteiger partial charge is 0.508 e. The van der Waals surface area contributed by atoms with Crippen LogP contribution in [0.25, 0.3) is 0 Å². The summed E-state index contributed by atoms with van der Waals surface area (Å²) in [5.41, 5.74) is 2.61. The minimum Gasteiger partial charge on any atom is -0.508 e. The molecule has 0 fully saturated rings. The van der Waals surface area contributed by atoms with Crippen molar-refractivity contribution < 1.29 is 14.6 Å². The first kappa shape index (κ1) is 17.8. The summed E-state index contributed by atoms with van der Waals surface area (Å²) in [6.45, 7) is 6.55. The zero-order chi connectivity index (χ0) is 17.5. The van der Waals surface area contributed by atoms with E-state index in [4.69, 9.17) is 4.74 Å². The number of rotatable bonds is 7. The molecule has 0 spiro atoms. The van der Waals surface area contributed by atoms with Gasteiger partial charge in [-0.25, -0.2) is 0 Å². The fourth-order valence-electron chi connectivity index (χ4n) is 2.43. The van der Waals surface area contributed by atoms with Gasteiger partial charge in [0.2, 0.25) is 5.91 Å². The van der Waals surface area contributed by atoms with E-state index in [1.54, 1.807) is 12.1 Å². The molecule has 0 heterocycles. The van der Waals surface area contributed by atoms with E-state index in [2.05, 4.69) is 10.6 Å². The standard InChI is InChI=1S/C19H24N2O3/c1-4-24-18-8-9-19(23)16(11-18)12-20-13(2)15-6-5-7-17(10-15)21-14(3)22/h5-11,13,20,23H,4,12H2,1-3H3,(H,21,22)/t13-/m0/s1. The first-order valence-electron chi connectivity index (χ1n) is 8.05. The normalized spacial score (nSPS) is 11.8. The molecule has 3 N–H and O–H groups in total. The molecule has 0 saturated heterocycles. The maximum atomic E-state index is 11.2. The minimum absolute atomic E-state index is 0.0638. The summed E-state index contributed by atoms with van der Waals surface area (Å²) in [7, 11) is 0. The van der Waals surface area contributed by atoms with Crippen LogP contribution >= 0.6 is 0 Å². The highest BCUT2D eigenvalue weighted by atomic mass is 16.5. The Morgan fingerprint density at radius 3 is 2.75 bits per heavy atom. The van der Waals surface area contributed by atoms with Gasteiger partial charge in [-0.05, 0) is 49.7 Å². The molecule has 0 unspecified atom stereocenters. The van der Waals surface area contributed by atoms with Crippen LogP contribution < -0.4 is 15.4 Å². The van der Waals surface area contributed by atoms with E-state index in [1.165, 1.54) is 6.92 Å². The van der Waals surface area contributed by atoms with Crippen LogP contribution in [0.3, 0.4) is 0 Å². The summed E-state index contributed by atoms with van der Waals surface area (Å²) >= 11 is 0. The highest BCUT2D eigenvalue weighted by molar-refractivity contribution is 5.88. The first-order chi connectivity index (χ1) is 11.5. The fourth-order valence-corrected chi connectivity index (χ4v) is 2.43. The van der Waals surface area contributed by atoms with Crippen molar-refractivity contribution in [3.8, 4) is 11.5 Å². The third-order valence-electron chi connectivity index (χ3n) is 3.67. The van der Waals surface area contributed by atoms with Gasteiger partial charge in [0.15, 0.2) is 0 Å². The third kappa shape index (κ3) is 4.99. The maximum absolute atomic E-state index is 11.2. The second-order valence-corrected chi connectivity index (χ2v) is 5.63. The Morgan fingerprint density at radius 1 is 1.25 bits per heavy atom. The molecule has 0 radical (unpaired) electrons. The maximum Gasteiger partial charge on any atom is 0.221 e. The van der Waals surface area contributed by atoms with Crippen LogP contribution in [0.15, 0.2) is 42.5 Å². The zero-order valence-corrected chi connectivity index (χ0v) is 14.3. The number of aromatic hydroxyl groups is 1. The molecule has 2 aromatic carbocycles. The second kappa shape index (κ2) is 8.36. The molecule has 0 aliphatic heterocycles. The fraction of sp³-hybridized carbons (Fsp3) is 0.316. The quantitative estimate of drug-likeness (QED) is 0.726. The number of hydrogen-bond donors (Lipinski definition) is 3. The van der Waals surface area contributed by atoms with E-state index < -0.39 is 0 Å². The number of hydrogen-bond acceptors (Lipinski definition) is 4. The predicted molar refractivity (Wildman–Crippen MR) is 95.3 cm³/mol. The zero-order valence-electron chi connectivity index (χ0n) is 14.3. The van der Waals surface area contributed by atoms with Crippen molar-refractivity contribution in [3.05, 3.63) is 53.6 Å². The van der Waals surface area contributed by atoms with Crippen LogP contribution in [0, 0.1) is 0 Å². The van der Waals surface area contributed by atoms with Gasteiger partial charge in [-0.15, -0.1) is 0 Å². The van der Waals surface area contributed by atoms with Crippen LogP contribution in [0.5, 0.6) is 11.5 Å². The van der Waals surface area contributed by atoms with E-state index >= 15 is 0 Å². The summed E-state index contributed by atoms with van der Waals surface area (Å²) in [5.74, 6) is 0.892. The minimum atomic E-state index is -0.0922. The first-order valence-corrected chi connectivity index (χ1v) is 8.05. The number of carbonyl (C=O) groups is 1. The van der Waals surface area contributed by atoms with Crippen LogP contribution in [0.2, 0.25) is 0 Å². The van der Waals surface area contributed by atoms with Gasteiger partial charge >= 0.3 is 0 Å². The molecule has 5 heteroatoms. The number of carbonyl (C=O) groups excluding carboxylic acids is 1. The third-order valence-corrected chi connectivity index (χ3v) is 3.67. The van der Waals surface area contributed by atoms with Crippen molar-refractivity contribution >= 4 is 11.6 Å². The molecular weight excluding hydrogens is 304 g/mol. The van der Waals surface area contributed by atoms with Crippen LogP contribution in [0.1, 0.15) is 37.9 Å². The Hall–Kier alpha value is -2.53. The van der Waals surface area contributed by atoms with E-state index in [0.29, 0.717) is 13.2 Å². The van der Waals surface area contributed by atoms with Crippen molar-refractivity contribution in [2.75, 3.05) is 11.9 Å². The van der Waals surface area contributed by atoms with Gasteiger partial charge < -0.3 is 20.5 Å². The van der Waals surface area contributed by atoms with Gasteiger partial charge in [0.25, 0.3) is 0 Å². The lowest BCUT2D eigenvalue weighted by molar-refractivity contribution is -0.114. The number of amides is 1. The summed E-state index contributed by atoms with van der Waals surface area (Å²) in [4.78, 5) is 11.2. The van der Waals surface area contributed by atoms with E-state index in [-0.39, 0.29) is 17.7 Å². The van der Waals surface area contributed by atoms with Crippen LogP contribution in [-0.4, -0.2) is 17.6 Å². The Kier molecular flexibility index (Phi) is 6.21. The molecule has 0 aromatic heterocycles. The van der Waals surface area contributed by atoms with Crippen molar-refractivity contribution in [1.82, 2.24) is 5.32 Å². The number of phenolic OH excluding ortho intramolecular Hbond substituents is 1. The highest BCUT2D eigenvalue weighted by Gasteiger charge is 2.09. The molecule has 24 heavy (non-hydrogen) atoms. The van der Waals surface area contributed by atoms with Crippen molar-refractivity contribution in [2.45, 2.75) is 33.4 Å². The molecule has 0 aliphatic carbocycles. The Labute approximate surface area is 142 Å². The van der Waals surface area contributed by atoms with Gasteiger partial charge in [0.1, 0.15) is 11.5 Å². The summed E-state index contributed by atoms with van der Waals surface area (Å²) < 4.78 is 5.47. The summed E-state index contributed by atoms with van der Waals surface area (Å²) in [6.07, 6.45) is 0. The van der Waals surface area contributed by atoms with Gasteiger partial charge in [-0.1, -0.05) is 12.1 Å². The number of anilines is 1.